The van der Waals surface area contributed by atoms with Crippen molar-refractivity contribution in [3.8, 4) is 0 Å². The number of carbonyl (C=O) groups is 2. The Balaban J connectivity index is 2.63. The summed E-state index contributed by atoms with van der Waals surface area (Å²) >= 11 is 3.17. The molecule has 3 N–H and O–H groups in total. The lowest BCUT2D eigenvalue weighted by atomic mass is 10.3. The van der Waals surface area contributed by atoms with E-state index < -0.39 is 17.9 Å². The number of H-pyrrole nitrogens is 1. The van der Waals surface area contributed by atoms with Crippen LogP contribution >= 0.6 is 15.9 Å². The number of carboxylic acid groups (broad SMARTS) is 1. The molecule has 1 aromatic heterocycles. The average molecular weight is 261 g/mol. The van der Waals surface area contributed by atoms with Crippen molar-refractivity contribution in [1.29, 1.82) is 0 Å². The smallest absolute Gasteiger partial charge is 0.325 e. The van der Waals surface area contributed by atoms with Crippen molar-refractivity contribution in [3.63, 3.8) is 0 Å². The van der Waals surface area contributed by atoms with Gasteiger partial charge in [0.15, 0.2) is 0 Å². The molecule has 0 bridgehead atoms. The van der Waals surface area contributed by atoms with E-state index in [9.17, 15) is 9.59 Å². The van der Waals surface area contributed by atoms with Gasteiger partial charge in [0.05, 0.1) is 0 Å². The first-order valence-corrected chi connectivity index (χ1v) is 4.67. The third kappa shape index (κ3) is 2.59. The zero-order chi connectivity index (χ0) is 10.7. The van der Waals surface area contributed by atoms with Gasteiger partial charge in [-0.1, -0.05) is 0 Å². The van der Waals surface area contributed by atoms with Gasteiger partial charge in [-0.3, -0.25) is 9.59 Å². The van der Waals surface area contributed by atoms with E-state index in [0.717, 1.165) is 4.47 Å². The Bertz CT molecular complexity index is 361. The molecule has 14 heavy (non-hydrogen) atoms. The van der Waals surface area contributed by atoms with Crippen LogP contribution < -0.4 is 5.32 Å². The topological polar surface area (TPSA) is 82.2 Å². The Labute approximate surface area is 88.6 Å². The number of hydrogen-bond donors (Lipinski definition) is 3. The first-order chi connectivity index (χ1) is 6.50. The minimum atomic E-state index is -1.07. The van der Waals surface area contributed by atoms with Gasteiger partial charge in [0.2, 0.25) is 0 Å². The van der Waals surface area contributed by atoms with Crippen molar-refractivity contribution in [2.45, 2.75) is 13.0 Å². The number of rotatable bonds is 3. The van der Waals surface area contributed by atoms with Crippen LogP contribution in [0.4, 0.5) is 0 Å². The molecule has 0 aromatic carbocycles. The van der Waals surface area contributed by atoms with Crippen molar-refractivity contribution < 1.29 is 14.7 Å². The molecule has 1 aromatic rings. The van der Waals surface area contributed by atoms with Gasteiger partial charge in [-0.05, 0) is 28.9 Å². The summed E-state index contributed by atoms with van der Waals surface area (Å²) in [5, 5.41) is 10.9. The summed E-state index contributed by atoms with van der Waals surface area (Å²) in [4.78, 5) is 24.5. The molecule has 0 spiro atoms. The van der Waals surface area contributed by atoms with Gasteiger partial charge in [0.25, 0.3) is 5.91 Å². The van der Waals surface area contributed by atoms with Gasteiger partial charge in [-0.2, -0.15) is 0 Å². The average Bonchev–Trinajstić information content (AvgIpc) is 2.51. The summed E-state index contributed by atoms with van der Waals surface area (Å²) in [5.74, 6) is -1.51. The number of carbonyl (C=O) groups excluding carboxylic acids is 1. The second-order valence-corrected chi connectivity index (χ2v) is 3.68. The van der Waals surface area contributed by atoms with E-state index in [0.29, 0.717) is 5.69 Å². The van der Waals surface area contributed by atoms with Gasteiger partial charge in [-0.15, -0.1) is 0 Å². The first kappa shape index (κ1) is 10.8. The van der Waals surface area contributed by atoms with E-state index in [2.05, 4.69) is 26.2 Å². The molecule has 0 aliphatic carbocycles. The van der Waals surface area contributed by atoms with Crippen LogP contribution in [0.25, 0.3) is 0 Å². The summed E-state index contributed by atoms with van der Waals surface area (Å²) < 4.78 is 0.741. The molecule has 1 heterocycles. The van der Waals surface area contributed by atoms with Crippen LogP contribution in [0.3, 0.4) is 0 Å². The van der Waals surface area contributed by atoms with Gasteiger partial charge >= 0.3 is 5.97 Å². The number of nitrogens with one attached hydrogen (secondary N) is 2. The third-order valence-electron chi connectivity index (χ3n) is 1.61. The Kier molecular flexibility index (Phi) is 3.29. The van der Waals surface area contributed by atoms with Gasteiger partial charge in [0.1, 0.15) is 11.7 Å². The summed E-state index contributed by atoms with van der Waals surface area (Å²) in [7, 11) is 0. The van der Waals surface area contributed by atoms with E-state index in [4.69, 9.17) is 5.11 Å². The van der Waals surface area contributed by atoms with Crippen molar-refractivity contribution in [3.05, 3.63) is 22.4 Å². The van der Waals surface area contributed by atoms with E-state index in [1.165, 1.54) is 6.92 Å². The van der Waals surface area contributed by atoms with Gasteiger partial charge in [-0.25, -0.2) is 0 Å². The molecule has 0 saturated heterocycles. The van der Waals surface area contributed by atoms with Crippen LogP contribution in [0.5, 0.6) is 0 Å². The van der Waals surface area contributed by atoms with Crippen LogP contribution in [0.15, 0.2) is 16.7 Å². The van der Waals surface area contributed by atoms with E-state index >= 15 is 0 Å². The highest BCUT2D eigenvalue weighted by atomic mass is 79.9. The van der Waals surface area contributed by atoms with Crippen LogP contribution in [0, 0.1) is 0 Å². The largest absolute Gasteiger partial charge is 0.480 e. The zero-order valence-corrected chi connectivity index (χ0v) is 8.96. The highest BCUT2D eigenvalue weighted by molar-refractivity contribution is 9.10. The zero-order valence-electron chi connectivity index (χ0n) is 7.37. The first-order valence-electron chi connectivity index (χ1n) is 3.88. The highest BCUT2D eigenvalue weighted by Crippen LogP contribution is 2.10. The normalized spacial score (nSPS) is 12.1. The third-order valence-corrected chi connectivity index (χ3v) is 2.07. The maximum Gasteiger partial charge on any atom is 0.325 e. The minimum Gasteiger partial charge on any atom is -0.480 e. The van der Waals surface area contributed by atoms with Crippen molar-refractivity contribution in [2.24, 2.45) is 0 Å². The fraction of sp³-hybridized carbons (Fsp3) is 0.250. The van der Waals surface area contributed by atoms with Crippen molar-refractivity contribution in [1.82, 2.24) is 10.3 Å². The number of hydrogen-bond acceptors (Lipinski definition) is 2. The molecule has 5 nitrogen and oxygen atoms in total. The van der Waals surface area contributed by atoms with Crippen molar-refractivity contribution in [2.75, 3.05) is 0 Å². The van der Waals surface area contributed by atoms with Crippen LogP contribution in [0.2, 0.25) is 0 Å². The SMILES string of the molecule is C[C@@H](NC(=O)c1cc(Br)c[nH]1)C(=O)O. The Morgan fingerprint density at radius 1 is 1.64 bits per heavy atom. The minimum absolute atomic E-state index is 0.324. The highest BCUT2D eigenvalue weighted by Gasteiger charge is 2.15. The van der Waals surface area contributed by atoms with E-state index in [1.807, 2.05) is 0 Å². The van der Waals surface area contributed by atoms with Crippen LogP contribution in [-0.2, 0) is 4.79 Å². The monoisotopic (exact) mass is 260 g/mol. The van der Waals surface area contributed by atoms with Crippen LogP contribution in [0.1, 0.15) is 17.4 Å². The van der Waals surface area contributed by atoms with Crippen molar-refractivity contribution >= 4 is 27.8 Å². The Morgan fingerprint density at radius 2 is 2.29 bits per heavy atom. The van der Waals surface area contributed by atoms with Crippen LogP contribution in [-0.4, -0.2) is 28.0 Å². The molecule has 0 fully saturated rings. The lowest BCUT2D eigenvalue weighted by Gasteiger charge is -2.07. The molecular weight excluding hydrogens is 252 g/mol. The fourth-order valence-corrected chi connectivity index (χ4v) is 1.18. The lowest BCUT2D eigenvalue weighted by Crippen LogP contribution is -2.38. The number of aromatic amines is 1. The second-order valence-electron chi connectivity index (χ2n) is 2.76. The molecule has 0 aliphatic heterocycles. The number of carboxylic acids is 1. The molecule has 1 rings (SSSR count). The molecule has 0 radical (unpaired) electrons. The second kappa shape index (κ2) is 4.28. The Hall–Kier alpha value is -1.30. The molecule has 0 unspecified atom stereocenters. The maximum absolute atomic E-state index is 11.3. The molecule has 1 atom stereocenters. The molecule has 76 valence electrons. The summed E-state index contributed by atoms with van der Waals surface area (Å²) in [6.07, 6.45) is 1.60. The summed E-state index contributed by atoms with van der Waals surface area (Å²) in [6.45, 7) is 1.40. The Morgan fingerprint density at radius 3 is 2.71 bits per heavy atom. The standard InChI is InChI=1S/C8H9BrN2O3/c1-4(8(13)14)11-7(12)6-2-5(9)3-10-6/h2-4,10H,1H3,(H,11,12)(H,13,14)/t4-/m1/s1. The number of amides is 1. The van der Waals surface area contributed by atoms with Gasteiger partial charge < -0.3 is 15.4 Å². The van der Waals surface area contributed by atoms with Gasteiger partial charge in [0, 0.05) is 10.7 Å². The fourth-order valence-electron chi connectivity index (χ4n) is 0.835. The quantitative estimate of drug-likeness (QED) is 0.758. The lowest BCUT2D eigenvalue weighted by molar-refractivity contribution is -0.138. The molecule has 6 heteroatoms. The number of aliphatic carboxylic acids is 1. The predicted octanol–water partition coefficient (Wildman–Crippen LogP) is 0.980. The maximum atomic E-state index is 11.3. The predicted molar refractivity (Wildman–Crippen MR) is 53.1 cm³/mol. The number of halogens is 1. The van der Waals surface area contributed by atoms with E-state index in [1.54, 1.807) is 12.3 Å². The number of aromatic nitrogens is 1. The molecular formula is C8H9BrN2O3. The van der Waals surface area contributed by atoms with E-state index in [-0.39, 0.29) is 0 Å². The molecule has 1 amide bonds. The summed E-state index contributed by atoms with van der Waals surface area (Å²) in [6, 6.07) is 0.675. The molecule has 0 aliphatic rings. The molecule has 0 saturated carbocycles. The summed E-state index contributed by atoms with van der Waals surface area (Å²) in [5.41, 5.74) is 0.324.